The molecule has 7 heteroatoms. The monoisotopic (exact) mass is 247 g/mol. The molecule has 1 rings (SSSR count). The van der Waals surface area contributed by atoms with Crippen molar-refractivity contribution in [3.8, 4) is 0 Å². The molecule has 0 aliphatic heterocycles. The van der Waals surface area contributed by atoms with Gasteiger partial charge in [-0.15, -0.1) is 0 Å². The first-order valence-corrected chi connectivity index (χ1v) is 4.74. The van der Waals surface area contributed by atoms with Crippen LogP contribution >= 0.6 is 11.8 Å². The van der Waals surface area contributed by atoms with E-state index in [9.17, 15) is 14.7 Å². The molecule has 0 spiro atoms. The summed E-state index contributed by atoms with van der Waals surface area (Å²) in [5, 5.41) is 26.9. The second kappa shape index (κ2) is 5.00. The Morgan fingerprint density at radius 2 is 2.06 bits per heavy atom. The maximum Gasteiger partial charge on any atom is 0.255 e. The Hall–Kier alpha value is -1.53. The maximum atomic E-state index is 11.6. The van der Waals surface area contributed by atoms with E-state index in [0.29, 0.717) is 4.42 Å². The molecule has 0 radical (unpaired) electrons. The van der Waals surface area contributed by atoms with Crippen molar-refractivity contribution in [2.24, 2.45) is 5.92 Å². The van der Waals surface area contributed by atoms with Gasteiger partial charge in [0.1, 0.15) is 11.5 Å². The van der Waals surface area contributed by atoms with E-state index in [4.69, 9.17) is 22.0 Å². The lowest BCUT2D eigenvalue weighted by molar-refractivity contribution is -0.136. The number of hydrogen-bond donors (Lipinski definition) is 3. The van der Waals surface area contributed by atoms with E-state index >= 15 is 0 Å². The fourth-order valence-corrected chi connectivity index (χ4v) is 1.41. The summed E-state index contributed by atoms with van der Waals surface area (Å²) in [6, 6.07) is 0. The van der Waals surface area contributed by atoms with E-state index in [1.807, 2.05) is 0 Å². The maximum absolute atomic E-state index is 11.6. The highest BCUT2D eigenvalue weighted by molar-refractivity contribution is 6.25. The van der Waals surface area contributed by atoms with E-state index in [2.05, 4.69) is 0 Å². The highest BCUT2D eigenvalue weighted by Crippen LogP contribution is 2.21. The Labute approximate surface area is 96.2 Å². The van der Waals surface area contributed by atoms with Gasteiger partial charge < -0.3 is 15.3 Å². The van der Waals surface area contributed by atoms with E-state index in [0.717, 1.165) is 12.2 Å². The molecular weight excluding hydrogens is 238 g/mol. The van der Waals surface area contributed by atoms with E-state index < -0.39 is 29.1 Å². The topological polar surface area (TPSA) is 98.1 Å². The van der Waals surface area contributed by atoms with Gasteiger partial charge in [-0.3, -0.25) is 14.0 Å². The minimum atomic E-state index is -1.44. The molecule has 1 unspecified atom stereocenters. The second-order valence-electron chi connectivity index (χ2n) is 3.12. The van der Waals surface area contributed by atoms with Crippen molar-refractivity contribution in [2.75, 3.05) is 13.2 Å². The Balaban J connectivity index is 2.86. The summed E-state index contributed by atoms with van der Waals surface area (Å²) in [7, 11) is 0. The van der Waals surface area contributed by atoms with E-state index in [-0.39, 0.29) is 13.2 Å². The Morgan fingerprint density at radius 1 is 1.44 bits per heavy atom. The van der Waals surface area contributed by atoms with E-state index in [1.165, 1.54) is 0 Å². The lowest BCUT2D eigenvalue weighted by Crippen LogP contribution is -2.37. The zero-order valence-corrected chi connectivity index (χ0v) is 8.89. The summed E-state index contributed by atoms with van der Waals surface area (Å²) >= 11 is 5.48. The van der Waals surface area contributed by atoms with Crippen molar-refractivity contribution in [3.63, 3.8) is 0 Å². The number of halogens is 1. The number of aliphatic hydroxyl groups excluding tert-OH is 3. The van der Waals surface area contributed by atoms with Crippen LogP contribution in [0, 0.1) is 5.92 Å². The van der Waals surface area contributed by atoms with Crippen molar-refractivity contribution >= 4 is 23.5 Å². The number of carbonyl (C=O) groups excluding carboxylic acids is 2. The number of allylic oxidation sites excluding steroid dienone is 2. The van der Waals surface area contributed by atoms with E-state index in [1.54, 1.807) is 0 Å². The molecule has 1 aliphatic carbocycles. The lowest BCUT2D eigenvalue weighted by Gasteiger charge is -2.20. The first-order chi connectivity index (χ1) is 7.47. The quantitative estimate of drug-likeness (QED) is 0.483. The largest absolute Gasteiger partial charge is 0.511 e. The number of carbonyl (C=O) groups is 2. The van der Waals surface area contributed by atoms with Crippen LogP contribution in [0.3, 0.4) is 0 Å². The number of amides is 1. The highest BCUT2D eigenvalue weighted by Gasteiger charge is 2.35. The number of rotatable bonds is 3. The molecule has 0 bridgehead atoms. The fraction of sp³-hybridized carbons (Fsp3) is 0.333. The number of nitrogens with zero attached hydrogens (tertiary/aromatic N) is 1. The summed E-state index contributed by atoms with van der Waals surface area (Å²) in [6.07, 6.45) is 1.72. The molecule has 0 aromatic rings. The predicted molar refractivity (Wildman–Crippen MR) is 54.6 cm³/mol. The van der Waals surface area contributed by atoms with Gasteiger partial charge in [-0.1, -0.05) is 0 Å². The zero-order valence-electron chi connectivity index (χ0n) is 8.13. The summed E-state index contributed by atoms with van der Waals surface area (Å²) in [5.41, 5.74) is 0. The highest BCUT2D eigenvalue weighted by atomic mass is 35.5. The van der Waals surface area contributed by atoms with Crippen LogP contribution in [-0.4, -0.2) is 44.6 Å². The predicted octanol–water partition coefficient (Wildman–Crippen LogP) is 0.0438. The van der Waals surface area contributed by atoms with Gasteiger partial charge in [0.05, 0.1) is 13.2 Å². The number of ketones is 1. The van der Waals surface area contributed by atoms with Crippen LogP contribution in [-0.2, 0) is 9.59 Å². The molecule has 16 heavy (non-hydrogen) atoms. The molecule has 1 amide bonds. The van der Waals surface area contributed by atoms with Crippen LogP contribution in [0.25, 0.3) is 0 Å². The van der Waals surface area contributed by atoms with Crippen LogP contribution < -0.4 is 0 Å². The molecule has 1 atom stereocenters. The molecular formula is C9H10ClNO5. The molecule has 1 aliphatic rings. The van der Waals surface area contributed by atoms with Gasteiger partial charge in [0, 0.05) is 23.9 Å². The molecule has 3 N–H and O–H groups in total. The fourth-order valence-electron chi connectivity index (χ4n) is 1.24. The summed E-state index contributed by atoms with van der Waals surface area (Å²) < 4.78 is 0.614. The van der Waals surface area contributed by atoms with Gasteiger partial charge >= 0.3 is 0 Å². The van der Waals surface area contributed by atoms with Crippen LogP contribution in [0.1, 0.15) is 0 Å². The summed E-state index contributed by atoms with van der Waals surface area (Å²) in [6.45, 7) is -0.519. The van der Waals surface area contributed by atoms with Gasteiger partial charge in [-0.05, 0) is 0 Å². The van der Waals surface area contributed by atoms with Crippen molar-refractivity contribution in [3.05, 3.63) is 23.7 Å². The number of hydrogen-bond acceptors (Lipinski definition) is 5. The zero-order chi connectivity index (χ0) is 12.3. The van der Waals surface area contributed by atoms with Gasteiger partial charge in [-0.2, -0.15) is 0 Å². The van der Waals surface area contributed by atoms with Crippen molar-refractivity contribution in [1.82, 2.24) is 4.42 Å². The lowest BCUT2D eigenvalue weighted by atomic mass is 9.95. The Morgan fingerprint density at radius 3 is 2.56 bits per heavy atom. The number of aliphatic hydroxyl groups is 3. The molecule has 0 heterocycles. The second-order valence-corrected chi connectivity index (χ2v) is 3.53. The third-order valence-corrected chi connectivity index (χ3v) is 2.28. The van der Waals surface area contributed by atoms with Crippen LogP contribution in [0.5, 0.6) is 0 Å². The van der Waals surface area contributed by atoms with Gasteiger partial charge in [-0.25, -0.2) is 0 Å². The van der Waals surface area contributed by atoms with Gasteiger partial charge in [0.2, 0.25) is 0 Å². The summed E-state index contributed by atoms with van der Waals surface area (Å²) in [4.78, 5) is 22.9. The van der Waals surface area contributed by atoms with Crippen LogP contribution in [0.15, 0.2) is 23.7 Å². The molecule has 0 fully saturated rings. The van der Waals surface area contributed by atoms with Crippen molar-refractivity contribution < 1.29 is 24.9 Å². The van der Waals surface area contributed by atoms with Crippen molar-refractivity contribution in [1.29, 1.82) is 0 Å². The summed E-state index contributed by atoms with van der Waals surface area (Å²) in [5.74, 6) is -4.04. The minimum Gasteiger partial charge on any atom is -0.511 e. The minimum absolute atomic E-state index is 0.160. The standard InChI is InChI=1S/C9H10ClNO5/c10-11(1-2-12)9(16)8-6(14)3-5(13)4-7(8)15/h3-4,8,12-14H,1-2H2. The molecule has 0 aromatic heterocycles. The molecule has 88 valence electrons. The van der Waals surface area contributed by atoms with Gasteiger partial charge in [0.25, 0.3) is 5.91 Å². The average Bonchev–Trinajstić information content (AvgIpc) is 2.16. The molecule has 6 nitrogen and oxygen atoms in total. The first-order valence-electron chi connectivity index (χ1n) is 4.40. The molecule has 0 aromatic carbocycles. The Bertz CT molecular complexity index is 376. The van der Waals surface area contributed by atoms with Crippen LogP contribution in [0.4, 0.5) is 0 Å². The van der Waals surface area contributed by atoms with Gasteiger partial charge in [0.15, 0.2) is 11.7 Å². The van der Waals surface area contributed by atoms with Crippen molar-refractivity contribution in [2.45, 2.75) is 0 Å². The SMILES string of the molecule is O=C1C=C(O)C=C(O)C1C(=O)N(Cl)CCO. The normalized spacial score (nSPS) is 20.1. The third-order valence-electron chi connectivity index (χ3n) is 1.95. The Kier molecular flexibility index (Phi) is 3.92. The third kappa shape index (κ3) is 2.53. The molecule has 0 saturated carbocycles. The molecule has 0 saturated heterocycles. The smallest absolute Gasteiger partial charge is 0.255 e. The average molecular weight is 248 g/mol. The van der Waals surface area contributed by atoms with Crippen LogP contribution in [0.2, 0.25) is 0 Å². The first kappa shape index (κ1) is 12.5.